The summed E-state index contributed by atoms with van der Waals surface area (Å²) in [5, 5.41) is 0. The molecule has 0 radical (unpaired) electrons. The molecule has 1 aliphatic heterocycles. The fourth-order valence-electron chi connectivity index (χ4n) is 4.88. The zero-order chi connectivity index (χ0) is 17.8. The van der Waals surface area contributed by atoms with Gasteiger partial charge in [-0.05, 0) is 67.5 Å². The summed E-state index contributed by atoms with van der Waals surface area (Å²) in [6.07, 6.45) is 4.53. The number of furan rings is 1. The fraction of sp³-hybridized carbons (Fsp3) is 0.350. The van der Waals surface area contributed by atoms with Gasteiger partial charge in [-0.3, -0.25) is 14.5 Å². The predicted molar refractivity (Wildman–Crippen MR) is 90.4 cm³/mol. The lowest BCUT2D eigenvalue weighted by Crippen LogP contribution is -2.32. The van der Waals surface area contributed by atoms with E-state index >= 15 is 0 Å². The van der Waals surface area contributed by atoms with Crippen molar-refractivity contribution in [3.05, 3.63) is 48.4 Å². The molecule has 6 heteroatoms. The fourth-order valence-corrected chi connectivity index (χ4v) is 4.88. The maximum Gasteiger partial charge on any atom is 0.379 e. The van der Waals surface area contributed by atoms with E-state index in [1.165, 1.54) is 17.2 Å². The number of ether oxygens (including phenoxy) is 1. The standard InChI is InChI=1S/C20H17NO5/c22-18-16-11-3-4-12(10-11)17(16)19(23)21(18)13-5-7-14(8-6-13)26-20(24)15-2-1-9-25-15/h1-2,5-9,11-12,16-17H,3-4,10H2/t11-,12-,16+,17+/m0/s1. The molecule has 0 spiro atoms. The molecule has 1 aromatic carbocycles. The molecule has 0 N–H and O–H groups in total. The highest BCUT2D eigenvalue weighted by Crippen LogP contribution is 2.56. The molecule has 2 bridgehead atoms. The second-order valence-electron chi connectivity index (χ2n) is 7.26. The first-order valence-corrected chi connectivity index (χ1v) is 8.87. The largest absolute Gasteiger partial charge is 0.457 e. The second-order valence-corrected chi connectivity index (χ2v) is 7.26. The first kappa shape index (κ1) is 15.4. The molecule has 2 aromatic rings. The minimum Gasteiger partial charge on any atom is -0.457 e. The summed E-state index contributed by atoms with van der Waals surface area (Å²) in [6.45, 7) is 0. The molecule has 2 amide bonds. The molecule has 4 atom stereocenters. The van der Waals surface area contributed by atoms with Crippen molar-refractivity contribution in [3.8, 4) is 5.75 Å². The molecule has 2 aliphatic carbocycles. The zero-order valence-corrected chi connectivity index (χ0v) is 14.0. The van der Waals surface area contributed by atoms with Gasteiger partial charge in [0.25, 0.3) is 0 Å². The van der Waals surface area contributed by atoms with Crippen LogP contribution in [0.3, 0.4) is 0 Å². The number of imide groups is 1. The van der Waals surface area contributed by atoms with Gasteiger partial charge in [0.05, 0.1) is 23.8 Å². The predicted octanol–water partition coefficient (Wildman–Crippen LogP) is 3.03. The summed E-state index contributed by atoms with van der Waals surface area (Å²) >= 11 is 0. The SMILES string of the molecule is O=C(Oc1ccc(N2C(=O)[C@@H]3[C@H]4CC[C@@H](C4)[C@H]3C2=O)cc1)c1ccco1. The van der Waals surface area contributed by atoms with Crippen LogP contribution in [0.1, 0.15) is 29.8 Å². The number of hydrogen-bond acceptors (Lipinski definition) is 5. The van der Waals surface area contributed by atoms with E-state index in [2.05, 4.69) is 0 Å². The Morgan fingerprint density at radius 3 is 2.23 bits per heavy atom. The van der Waals surface area contributed by atoms with Crippen LogP contribution in [-0.2, 0) is 9.59 Å². The van der Waals surface area contributed by atoms with Crippen molar-refractivity contribution in [1.29, 1.82) is 0 Å². The van der Waals surface area contributed by atoms with Crippen molar-refractivity contribution >= 4 is 23.5 Å². The smallest absolute Gasteiger partial charge is 0.379 e. The van der Waals surface area contributed by atoms with E-state index in [1.54, 1.807) is 30.3 Å². The first-order valence-electron chi connectivity index (χ1n) is 8.87. The van der Waals surface area contributed by atoms with E-state index in [4.69, 9.17) is 9.15 Å². The van der Waals surface area contributed by atoms with E-state index in [1.807, 2.05) is 0 Å². The van der Waals surface area contributed by atoms with Crippen molar-refractivity contribution in [2.24, 2.45) is 23.7 Å². The average Bonchev–Trinajstić information content (AvgIpc) is 3.41. The van der Waals surface area contributed by atoms with E-state index in [-0.39, 0.29) is 29.4 Å². The van der Waals surface area contributed by atoms with Crippen molar-refractivity contribution in [1.82, 2.24) is 0 Å². The molecule has 6 nitrogen and oxygen atoms in total. The van der Waals surface area contributed by atoms with E-state index < -0.39 is 5.97 Å². The number of esters is 1. The minimum absolute atomic E-state index is 0.0764. The molecule has 1 aromatic heterocycles. The Balaban J connectivity index is 1.36. The summed E-state index contributed by atoms with van der Waals surface area (Å²) in [5.41, 5.74) is 0.534. The summed E-state index contributed by atoms with van der Waals surface area (Å²) < 4.78 is 10.2. The van der Waals surface area contributed by atoms with E-state index in [9.17, 15) is 14.4 Å². The molecule has 3 aliphatic rings. The van der Waals surface area contributed by atoms with Crippen molar-refractivity contribution in [2.45, 2.75) is 19.3 Å². The molecule has 26 heavy (non-hydrogen) atoms. The molecular formula is C20H17NO5. The van der Waals surface area contributed by atoms with Gasteiger partial charge in [-0.15, -0.1) is 0 Å². The number of amides is 2. The molecule has 2 saturated carbocycles. The number of nitrogens with zero attached hydrogens (tertiary/aromatic N) is 1. The lowest BCUT2D eigenvalue weighted by Gasteiger charge is -2.19. The number of carbonyl (C=O) groups is 3. The average molecular weight is 351 g/mol. The monoisotopic (exact) mass is 351 g/mol. The Morgan fingerprint density at radius 2 is 1.65 bits per heavy atom. The number of carbonyl (C=O) groups excluding carboxylic acids is 3. The second kappa shape index (κ2) is 5.56. The Morgan fingerprint density at radius 1 is 1.00 bits per heavy atom. The van der Waals surface area contributed by atoms with Gasteiger partial charge in [0.15, 0.2) is 0 Å². The quantitative estimate of drug-likeness (QED) is 0.483. The number of hydrogen-bond donors (Lipinski definition) is 0. The summed E-state index contributed by atoms with van der Waals surface area (Å²) in [6, 6.07) is 9.57. The highest BCUT2D eigenvalue weighted by molar-refractivity contribution is 6.22. The van der Waals surface area contributed by atoms with Crippen molar-refractivity contribution < 1.29 is 23.5 Å². The number of rotatable bonds is 3. The van der Waals surface area contributed by atoms with Crippen LogP contribution in [0.15, 0.2) is 47.1 Å². The van der Waals surface area contributed by atoms with Gasteiger partial charge in [0.1, 0.15) is 5.75 Å². The number of anilines is 1. The van der Waals surface area contributed by atoms with Crippen LogP contribution >= 0.6 is 0 Å². The van der Waals surface area contributed by atoms with Gasteiger partial charge in [-0.25, -0.2) is 4.79 Å². The maximum atomic E-state index is 12.8. The summed E-state index contributed by atoms with van der Waals surface area (Å²) in [7, 11) is 0. The Bertz CT molecular complexity index is 857. The molecule has 1 saturated heterocycles. The Labute approximate surface area is 149 Å². The minimum atomic E-state index is -0.595. The number of benzene rings is 1. The molecule has 0 unspecified atom stereocenters. The lowest BCUT2D eigenvalue weighted by molar-refractivity contribution is -0.123. The maximum absolute atomic E-state index is 12.8. The zero-order valence-electron chi connectivity index (χ0n) is 14.0. The van der Waals surface area contributed by atoms with Gasteiger partial charge in [-0.1, -0.05) is 0 Å². The van der Waals surface area contributed by atoms with Crippen molar-refractivity contribution in [3.63, 3.8) is 0 Å². The van der Waals surface area contributed by atoms with Gasteiger partial charge < -0.3 is 9.15 Å². The summed E-state index contributed by atoms with van der Waals surface area (Å²) in [5.74, 6) is 0.134. The highest BCUT2D eigenvalue weighted by atomic mass is 16.5. The topological polar surface area (TPSA) is 76.8 Å². The van der Waals surface area contributed by atoms with Gasteiger partial charge in [0.2, 0.25) is 17.6 Å². The van der Waals surface area contributed by atoms with E-state index in [0.29, 0.717) is 23.3 Å². The number of fused-ring (bicyclic) bond motifs is 5. The third-order valence-corrected chi connectivity index (χ3v) is 5.96. The molecular weight excluding hydrogens is 334 g/mol. The molecule has 5 rings (SSSR count). The molecule has 2 heterocycles. The van der Waals surface area contributed by atoms with Gasteiger partial charge in [0, 0.05) is 0 Å². The third kappa shape index (κ3) is 2.14. The van der Waals surface area contributed by atoms with Crippen LogP contribution in [0.5, 0.6) is 5.75 Å². The molecule has 132 valence electrons. The Kier molecular flexibility index (Phi) is 3.29. The Hall–Kier alpha value is -2.89. The van der Waals surface area contributed by atoms with Gasteiger partial charge in [-0.2, -0.15) is 0 Å². The highest BCUT2D eigenvalue weighted by Gasteiger charge is 2.61. The van der Waals surface area contributed by atoms with Crippen LogP contribution in [-0.4, -0.2) is 17.8 Å². The van der Waals surface area contributed by atoms with Crippen molar-refractivity contribution in [2.75, 3.05) is 4.90 Å². The normalized spacial score (nSPS) is 29.3. The van der Waals surface area contributed by atoms with Crippen LogP contribution in [0.4, 0.5) is 5.69 Å². The van der Waals surface area contributed by atoms with Crippen LogP contribution < -0.4 is 9.64 Å². The summed E-state index contributed by atoms with van der Waals surface area (Å²) in [4.78, 5) is 38.8. The van der Waals surface area contributed by atoms with Crippen LogP contribution in [0.25, 0.3) is 0 Å². The van der Waals surface area contributed by atoms with Crippen LogP contribution in [0, 0.1) is 23.7 Å². The third-order valence-electron chi connectivity index (χ3n) is 5.96. The molecule has 3 fully saturated rings. The lowest BCUT2D eigenvalue weighted by atomic mass is 9.81. The first-order chi connectivity index (χ1) is 12.6. The van der Waals surface area contributed by atoms with E-state index in [0.717, 1.165) is 19.3 Å². The van der Waals surface area contributed by atoms with Crippen LogP contribution in [0.2, 0.25) is 0 Å². The van der Waals surface area contributed by atoms with Gasteiger partial charge >= 0.3 is 5.97 Å².